The molecule has 8 nitrogen and oxygen atoms in total. The highest BCUT2D eigenvalue weighted by molar-refractivity contribution is 5.95. The molecule has 0 saturated carbocycles. The Kier molecular flexibility index (Phi) is 6.59. The SMILES string of the molecule is COc1ccc(C(=O)N2CCN(c3nc(CC(C)C)nc4c3c(C)nn4-c3ccccc3)CC2)cc1. The summed E-state index contributed by atoms with van der Waals surface area (Å²) in [5.74, 6) is 2.95. The Morgan fingerprint density at radius 1 is 0.972 bits per heavy atom. The highest BCUT2D eigenvalue weighted by atomic mass is 16.5. The number of hydrogen-bond acceptors (Lipinski definition) is 6. The lowest BCUT2D eigenvalue weighted by atomic mass is 10.1. The lowest BCUT2D eigenvalue weighted by molar-refractivity contribution is 0.0746. The van der Waals surface area contributed by atoms with Crippen LogP contribution in [-0.2, 0) is 6.42 Å². The van der Waals surface area contributed by atoms with E-state index in [1.807, 2.05) is 71.1 Å². The van der Waals surface area contributed by atoms with Gasteiger partial charge in [0.2, 0.25) is 0 Å². The smallest absolute Gasteiger partial charge is 0.253 e. The summed E-state index contributed by atoms with van der Waals surface area (Å²) in [6.07, 6.45) is 0.790. The summed E-state index contributed by atoms with van der Waals surface area (Å²) in [4.78, 5) is 27.2. The zero-order valence-electron chi connectivity index (χ0n) is 21.3. The van der Waals surface area contributed by atoms with Gasteiger partial charge in [0.05, 0.1) is 23.9 Å². The van der Waals surface area contributed by atoms with E-state index in [4.69, 9.17) is 19.8 Å². The summed E-state index contributed by atoms with van der Waals surface area (Å²) < 4.78 is 7.13. The van der Waals surface area contributed by atoms with E-state index in [-0.39, 0.29) is 5.91 Å². The van der Waals surface area contributed by atoms with E-state index in [1.54, 1.807) is 7.11 Å². The first-order valence-corrected chi connectivity index (χ1v) is 12.4. The van der Waals surface area contributed by atoms with Gasteiger partial charge in [-0.05, 0) is 49.2 Å². The molecule has 5 rings (SSSR count). The van der Waals surface area contributed by atoms with Gasteiger partial charge < -0.3 is 14.5 Å². The van der Waals surface area contributed by atoms with Crippen LogP contribution in [0.2, 0.25) is 0 Å². The summed E-state index contributed by atoms with van der Waals surface area (Å²) in [6.45, 7) is 9.02. The van der Waals surface area contributed by atoms with Gasteiger partial charge in [-0.15, -0.1) is 0 Å². The number of benzene rings is 2. The van der Waals surface area contributed by atoms with E-state index < -0.39 is 0 Å². The Morgan fingerprint density at radius 2 is 1.67 bits per heavy atom. The second-order valence-electron chi connectivity index (χ2n) is 9.60. The predicted octanol–water partition coefficient (Wildman–Crippen LogP) is 4.29. The van der Waals surface area contributed by atoms with Crippen molar-refractivity contribution >= 4 is 22.8 Å². The quantitative estimate of drug-likeness (QED) is 0.406. The number of nitrogens with zero attached hydrogens (tertiary/aromatic N) is 6. The minimum atomic E-state index is 0.0405. The van der Waals surface area contributed by atoms with Crippen molar-refractivity contribution < 1.29 is 9.53 Å². The van der Waals surface area contributed by atoms with Crippen molar-refractivity contribution in [3.05, 3.63) is 71.7 Å². The Labute approximate surface area is 211 Å². The minimum Gasteiger partial charge on any atom is -0.497 e. The van der Waals surface area contributed by atoms with Crippen LogP contribution in [-0.4, -0.2) is 63.8 Å². The van der Waals surface area contributed by atoms with Crippen molar-refractivity contribution in [3.63, 3.8) is 0 Å². The summed E-state index contributed by atoms with van der Waals surface area (Å²) >= 11 is 0. The van der Waals surface area contributed by atoms with Crippen LogP contribution in [0.5, 0.6) is 5.75 Å². The van der Waals surface area contributed by atoms with Crippen molar-refractivity contribution in [2.24, 2.45) is 5.92 Å². The van der Waals surface area contributed by atoms with Crippen molar-refractivity contribution in [1.29, 1.82) is 0 Å². The van der Waals surface area contributed by atoms with Crippen LogP contribution in [0, 0.1) is 12.8 Å². The number of aryl methyl sites for hydroxylation is 1. The monoisotopic (exact) mass is 484 g/mol. The largest absolute Gasteiger partial charge is 0.497 e. The van der Waals surface area contributed by atoms with E-state index in [0.29, 0.717) is 37.7 Å². The number of hydrogen-bond donors (Lipinski definition) is 0. The number of carbonyl (C=O) groups is 1. The van der Waals surface area contributed by atoms with Gasteiger partial charge in [-0.3, -0.25) is 4.79 Å². The fourth-order valence-electron chi connectivity index (χ4n) is 4.68. The molecule has 2 aromatic heterocycles. The first-order chi connectivity index (χ1) is 17.4. The maximum Gasteiger partial charge on any atom is 0.253 e. The molecule has 186 valence electrons. The first kappa shape index (κ1) is 23.8. The topological polar surface area (TPSA) is 76.4 Å². The molecule has 1 aliphatic heterocycles. The molecule has 3 heterocycles. The molecule has 0 N–H and O–H groups in total. The molecule has 4 aromatic rings. The van der Waals surface area contributed by atoms with Gasteiger partial charge in [-0.1, -0.05) is 32.0 Å². The van der Waals surface area contributed by atoms with Gasteiger partial charge in [0.25, 0.3) is 5.91 Å². The number of anilines is 1. The maximum atomic E-state index is 13.1. The molecule has 0 radical (unpaired) electrons. The van der Waals surface area contributed by atoms with Crippen LogP contribution in [0.25, 0.3) is 16.7 Å². The third-order valence-electron chi connectivity index (χ3n) is 6.52. The Hall–Kier alpha value is -3.94. The van der Waals surface area contributed by atoms with Crippen LogP contribution < -0.4 is 9.64 Å². The molecular formula is C28H32N6O2. The fraction of sp³-hybridized carbons (Fsp3) is 0.357. The molecule has 0 bridgehead atoms. The molecule has 1 fully saturated rings. The molecule has 0 atom stereocenters. The average molecular weight is 485 g/mol. The molecular weight excluding hydrogens is 452 g/mol. The van der Waals surface area contributed by atoms with Crippen LogP contribution in [0.4, 0.5) is 5.82 Å². The van der Waals surface area contributed by atoms with E-state index in [0.717, 1.165) is 46.2 Å². The molecule has 0 aliphatic carbocycles. The molecule has 36 heavy (non-hydrogen) atoms. The number of amides is 1. The third kappa shape index (κ3) is 4.63. The van der Waals surface area contributed by atoms with E-state index in [1.165, 1.54) is 0 Å². The number of fused-ring (bicyclic) bond motifs is 1. The Bertz CT molecular complexity index is 1360. The molecule has 1 saturated heterocycles. The van der Waals surface area contributed by atoms with Crippen molar-refractivity contribution in [1.82, 2.24) is 24.6 Å². The predicted molar refractivity (Wildman–Crippen MR) is 141 cm³/mol. The number of para-hydroxylation sites is 1. The number of aromatic nitrogens is 4. The number of methoxy groups -OCH3 is 1. The molecule has 0 spiro atoms. The van der Waals surface area contributed by atoms with Crippen LogP contribution >= 0.6 is 0 Å². The zero-order chi connectivity index (χ0) is 25.2. The minimum absolute atomic E-state index is 0.0405. The molecule has 8 heteroatoms. The normalized spacial score (nSPS) is 14.0. The lowest BCUT2D eigenvalue weighted by Crippen LogP contribution is -2.49. The number of rotatable bonds is 6. The van der Waals surface area contributed by atoms with Gasteiger partial charge in [-0.2, -0.15) is 5.10 Å². The lowest BCUT2D eigenvalue weighted by Gasteiger charge is -2.36. The first-order valence-electron chi connectivity index (χ1n) is 12.4. The van der Waals surface area contributed by atoms with Gasteiger partial charge in [0.1, 0.15) is 17.4 Å². The van der Waals surface area contributed by atoms with Crippen LogP contribution in [0.1, 0.15) is 35.7 Å². The van der Waals surface area contributed by atoms with Crippen molar-refractivity contribution in [3.8, 4) is 11.4 Å². The number of piperazine rings is 1. The second-order valence-corrected chi connectivity index (χ2v) is 9.60. The number of carbonyl (C=O) groups excluding carboxylic acids is 1. The third-order valence-corrected chi connectivity index (χ3v) is 6.52. The van der Waals surface area contributed by atoms with Crippen molar-refractivity contribution in [2.45, 2.75) is 27.2 Å². The van der Waals surface area contributed by atoms with Gasteiger partial charge in [0.15, 0.2) is 5.65 Å². The van der Waals surface area contributed by atoms with E-state index in [9.17, 15) is 4.79 Å². The maximum absolute atomic E-state index is 13.1. The molecule has 2 aromatic carbocycles. The highest BCUT2D eigenvalue weighted by Gasteiger charge is 2.27. The van der Waals surface area contributed by atoms with Gasteiger partial charge in [0, 0.05) is 38.2 Å². The molecule has 1 aliphatic rings. The van der Waals surface area contributed by atoms with Crippen molar-refractivity contribution in [2.75, 3.05) is 38.2 Å². The van der Waals surface area contributed by atoms with Crippen LogP contribution in [0.15, 0.2) is 54.6 Å². The van der Waals surface area contributed by atoms with Gasteiger partial charge in [-0.25, -0.2) is 14.6 Å². The summed E-state index contributed by atoms with van der Waals surface area (Å²) in [5, 5.41) is 5.82. The second kappa shape index (κ2) is 9.97. The van der Waals surface area contributed by atoms with Crippen LogP contribution in [0.3, 0.4) is 0 Å². The summed E-state index contributed by atoms with van der Waals surface area (Å²) in [6, 6.07) is 17.4. The molecule has 1 amide bonds. The Balaban J connectivity index is 1.45. The number of ether oxygens (including phenoxy) is 1. The standard InChI is InChI=1S/C28H32N6O2/c1-19(2)18-24-29-26(25-20(3)31-34(27(25)30-24)22-8-6-5-7-9-22)32-14-16-33(17-15-32)28(35)21-10-12-23(36-4)13-11-21/h5-13,19H,14-18H2,1-4H3. The average Bonchev–Trinajstić information content (AvgIpc) is 3.24. The summed E-state index contributed by atoms with van der Waals surface area (Å²) in [7, 11) is 1.62. The zero-order valence-corrected chi connectivity index (χ0v) is 21.3. The van der Waals surface area contributed by atoms with Gasteiger partial charge >= 0.3 is 0 Å². The Morgan fingerprint density at radius 3 is 2.31 bits per heavy atom. The highest BCUT2D eigenvalue weighted by Crippen LogP contribution is 2.30. The summed E-state index contributed by atoms with van der Waals surface area (Å²) in [5.41, 5.74) is 3.38. The van der Waals surface area contributed by atoms with E-state index >= 15 is 0 Å². The molecule has 0 unspecified atom stereocenters. The van der Waals surface area contributed by atoms with E-state index in [2.05, 4.69) is 18.7 Å². The fourth-order valence-corrected chi connectivity index (χ4v) is 4.68.